The van der Waals surface area contributed by atoms with E-state index in [-0.39, 0.29) is 11.8 Å². The molecule has 0 N–H and O–H groups in total. The number of nitrogens with zero attached hydrogens (tertiary/aromatic N) is 2. The molecule has 0 fully saturated rings. The smallest absolute Gasteiger partial charge is 0.185 e. The molecule has 2 aromatic carbocycles. The van der Waals surface area contributed by atoms with E-state index in [9.17, 15) is 4.79 Å². The molecule has 0 saturated carbocycles. The van der Waals surface area contributed by atoms with Gasteiger partial charge in [0, 0.05) is 29.2 Å². The predicted molar refractivity (Wildman–Crippen MR) is 111 cm³/mol. The number of benzene rings is 2. The molecule has 5 heteroatoms. The molecule has 0 aromatic heterocycles. The summed E-state index contributed by atoms with van der Waals surface area (Å²) >= 11 is 5.97. The third kappa shape index (κ3) is 4.69. The van der Waals surface area contributed by atoms with E-state index in [1.807, 2.05) is 31.2 Å². The van der Waals surface area contributed by atoms with Gasteiger partial charge in [0.2, 0.25) is 0 Å². The largest absolute Gasteiger partial charge is 0.497 e. The highest BCUT2D eigenvalue weighted by atomic mass is 35.5. The summed E-state index contributed by atoms with van der Waals surface area (Å²) in [6.45, 7) is 2.75. The maximum atomic E-state index is 13.2. The highest BCUT2D eigenvalue weighted by Gasteiger charge is 2.27. The fourth-order valence-corrected chi connectivity index (χ4v) is 3.49. The number of ketones is 1. The molecule has 1 unspecified atom stereocenters. The van der Waals surface area contributed by atoms with Crippen molar-refractivity contribution in [1.82, 2.24) is 0 Å². The zero-order chi connectivity index (χ0) is 19.2. The van der Waals surface area contributed by atoms with Gasteiger partial charge >= 0.3 is 0 Å². The second-order valence-corrected chi connectivity index (χ2v) is 7.16. The molecule has 142 valence electrons. The predicted octanol–water partition coefficient (Wildman–Crippen LogP) is 5.40. The average Bonchev–Trinajstić information content (AvgIpc) is 2.98. The van der Waals surface area contributed by atoms with Crippen LogP contribution in [0.1, 0.15) is 43.0 Å². The Morgan fingerprint density at radius 3 is 2.44 bits per heavy atom. The van der Waals surface area contributed by atoms with E-state index in [0.717, 1.165) is 43.1 Å². The third-order valence-electron chi connectivity index (χ3n) is 4.88. The van der Waals surface area contributed by atoms with Gasteiger partial charge in [-0.25, -0.2) is 0 Å². The van der Waals surface area contributed by atoms with Crippen LogP contribution in [0.3, 0.4) is 0 Å². The monoisotopic (exact) mass is 384 g/mol. The van der Waals surface area contributed by atoms with Crippen LogP contribution in [0.2, 0.25) is 5.02 Å². The Labute approximate surface area is 165 Å². The molecular weight excluding hydrogens is 360 g/mol. The lowest BCUT2D eigenvalue weighted by Crippen LogP contribution is -2.43. The minimum atomic E-state index is -0.364. The number of anilines is 1. The summed E-state index contributed by atoms with van der Waals surface area (Å²) in [4.78, 5) is 20.0. The van der Waals surface area contributed by atoms with Gasteiger partial charge in [-0.2, -0.15) is 0 Å². The van der Waals surface area contributed by atoms with Gasteiger partial charge in [0.1, 0.15) is 11.6 Å². The Morgan fingerprint density at radius 2 is 1.78 bits per heavy atom. The zero-order valence-electron chi connectivity index (χ0n) is 15.8. The fourth-order valence-electron chi connectivity index (χ4n) is 3.37. The van der Waals surface area contributed by atoms with Crippen LogP contribution in [-0.2, 0) is 0 Å². The quantitative estimate of drug-likeness (QED) is 0.648. The molecule has 0 aliphatic carbocycles. The lowest BCUT2D eigenvalue weighted by atomic mass is 10.0. The van der Waals surface area contributed by atoms with Crippen molar-refractivity contribution in [2.45, 2.75) is 38.6 Å². The number of Topliss-reactive ketones (excluding diaryl/α,β-unsaturated/α-hetero) is 1. The molecule has 1 heterocycles. The summed E-state index contributed by atoms with van der Waals surface area (Å²) in [5.41, 5.74) is 1.60. The van der Waals surface area contributed by atoms with E-state index in [0.29, 0.717) is 10.6 Å². The third-order valence-corrected chi connectivity index (χ3v) is 5.13. The van der Waals surface area contributed by atoms with Gasteiger partial charge in [-0.05, 0) is 68.3 Å². The molecule has 0 amide bonds. The van der Waals surface area contributed by atoms with Crippen molar-refractivity contribution in [3.05, 3.63) is 59.1 Å². The molecule has 3 rings (SSSR count). The van der Waals surface area contributed by atoms with E-state index in [1.54, 1.807) is 31.4 Å². The topological polar surface area (TPSA) is 41.9 Å². The maximum absolute atomic E-state index is 13.2. The number of rotatable bonds is 5. The first-order chi connectivity index (χ1) is 13.1. The van der Waals surface area contributed by atoms with Crippen LogP contribution in [0, 0.1) is 0 Å². The van der Waals surface area contributed by atoms with Gasteiger partial charge in [-0.3, -0.25) is 9.79 Å². The summed E-state index contributed by atoms with van der Waals surface area (Å²) < 4.78 is 5.27. The molecule has 0 bridgehead atoms. The first-order valence-corrected chi connectivity index (χ1v) is 9.74. The molecule has 1 aliphatic rings. The second-order valence-electron chi connectivity index (χ2n) is 6.72. The first kappa shape index (κ1) is 19.4. The second kappa shape index (κ2) is 9.05. The van der Waals surface area contributed by atoms with Gasteiger partial charge in [0.05, 0.1) is 13.2 Å². The fraction of sp³-hybridized carbons (Fsp3) is 0.364. The van der Waals surface area contributed by atoms with Crippen molar-refractivity contribution < 1.29 is 9.53 Å². The standard InChI is InChI=1S/C22H25ClN2O2/c1-16(22(26)17-7-9-18(23)10-8-17)25(21-6-4-3-5-15-24-21)19-11-13-20(27-2)14-12-19/h7-14,16H,3-6,15H2,1-2H3. The van der Waals surface area contributed by atoms with Gasteiger partial charge < -0.3 is 9.64 Å². The number of amidine groups is 1. The van der Waals surface area contributed by atoms with E-state index in [4.69, 9.17) is 21.3 Å². The highest BCUT2D eigenvalue weighted by Crippen LogP contribution is 2.26. The lowest BCUT2D eigenvalue weighted by molar-refractivity contribution is 0.0969. The van der Waals surface area contributed by atoms with Crippen LogP contribution >= 0.6 is 11.6 Å². The van der Waals surface area contributed by atoms with Crippen LogP contribution < -0.4 is 9.64 Å². The average molecular weight is 385 g/mol. The van der Waals surface area contributed by atoms with Gasteiger partial charge in [-0.1, -0.05) is 18.0 Å². The summed E-state index contributed by atoms with van der Waals surface area (Å²) in [5.74, 6) is 1.82. The highest BCUT2D eigenvalue weighted by molar-refractivity contribution is 6.30. The Morgan fingerprint density at radius 1 is 1.07 bits per heavy atom. The van der Waals surface area contributed by atoms with Crippen molar-refractivity contribution in [2.24, 2.45) is 4.99 Å². The first-order valence-electron chi connectivity index (χ1n) is 9.36. The molecule has 2 aromatic rings. The normalized spacial score (nSPS) is 15.4. The van der Waals surface area contributed by atoms with Crippen LogP contribution in [0.4, 0.5) is 5.69 Å². The number of ether oxygens (including phenoxy) is 1. The van der Waals surface area contributed by atoms with E-state index >= 15 is 0 Å². The molecule has 0 saturated heterocycles. The number of aliphatic imine (C=N–C) groups is 1. The van der Waals surface area contributed by atoms with Crippen molar-refractivity contribution in [2.75, 3.05) is 18.6 Å². The summed E-state index contributed by atoms with van der Waals surface area (Å²) in [7, 11) is 1.65. The van der Waals surface area contributed by atoms with E-state index in [2.05, 4.69) is 4.90 Å². The lowest BCUT2D eigenvalue weighted by Gasteiger charge is -2.31. The number of hydrogen-bond donors (Lipinski definition) is 0. The number of halogens is 1. The van der Waals surface area contributed by atoms with Crippen LogP contribution in [0.25, 0.3) is 0 Å². The molecule has 27 heavy (non-hydrogen) atoms. The van der Waals surface area contributed by atoms with Crippen LogP contribution in [-0.4, -0.2) is 31.3 Å². The van der Waals surface area contributed by atoms with E-state index < -0.39 is 0 Å². The Hall–Kier alpha value is -2.33. The molecule has 4 nitrogen and oxygen atoms in total. The summed E-state index contributed by atoms with van der Waals surface area (Å²) in [6, 6.07) is 14.5. The number of carbonyl (C=O) groups excluding carboxylic acids is 1. The molecule has 1 aliphatic heterocycles. The van der Waals surface area contributed by atoms with Crippen LogP contribution in [0.5, 0.6) is 5.75 Å². The molecule has 1 atom stereocenters. The van der Waals surface area contributed by atoms with Gasteiger partial charge in [-0.15, -0.1) is 0 Å². The SMILES string of the molecule is COc1ccc(N(C2=NCCCCC2)C(C)C(=O)c2ccc(Cl)cc2)cc1. The van der Waals surface area contributed by atoms with Gasteiger partial charge in [0.15, 0.2) is 5.78 Å². The Bertz CT molecular complexity index is 800. The van der Waals surface area contributed by atoms with Crippen molar-refractivity contribution in [1.29, 1.82) is 0 Å². The maximum Gasteiger partial charge on any atom is 0.185 e. The minimum absolute atomic E-state index is 0.0504. The van der Waals surface area contributed by atoms with Crippen LogP contribution in [0.15, 0.2) is 53.5 Å². The Balaban J connectivity index is 1.95. The summed E-state index contributed by atoms with van der Waals surface area (Å²) in [6.07, 6.45) is 4.24. The number of methoxy groups -OCH3 is 1. The molecule has 0 radical (unpaired) electrons. The molecule has 0 spiro atoms. The Kier molecular flexibility index (Phi) is 6.51. The zero-order valence-corrected chi connectivity index (χ0v) is 16.6. The van der Waals surface area contributed by atoms with Crippen molar-refractivity contribution in [3.8, 4) is 5.75 Å². The number of hydrogen-bond acceptors (Lipinski definition) is 4. The van der Waals surface area contributed by atoms with Crippen molar-refractivity contribution in [3.63, 3.8) is 0 Å². The number of carbonyl (C=O) groups is 1. The van der Waals surface area contributed by atoms with Gasteiger partial charge in [0.25, 0.3) is 0 Å². The summed E-state index contributed by atoms with van der Waals surface area (Å²) in [5, 5.41) is 0.624. The minimum Gasteiger partial charge on any atom is -0.497 e. The van der Waals surface area contributed by atoms with Crippen molar-refractivity contribution >= 4 is 28.9 Å². The van der Waals surface area contributed by atoms with E-state index in [1.165, 1.54) is 6.42 Å². The molecular formula is C22H25ClN2O2.